The molecular formula is C18H10ClNO2. The number of hydrogen-bond acceptors (Lipinski definition) is 2. The molecule has 0 bridgehead atoms. The van der Waals surface area contributed by atoms with Crippen LogP contribution in [0.25, 0.3) is 11.1 Å². The van der Waals surface area contributed by atoms with E-state index in [4.69, 9.17) is 11.6 Å². The molecule has 0 amide bonds. The van der Waals surface area contributed by atoms with E-state index in [1.54, 1.807) is 42.6 Å². The Kier molecular flexibility index (Phi) is 2.78. The van der Waals surface area contributed by atoms with Crippen LogP contribution in [0.3, 0.4) is 0 Å². The van der Waals surface area contributed by atoms with Crippen LogP contribution in [-0.4, -0.2) is 16.6 Å². The molecule has 0 saturated heterocycles. The van der Waals surface area contributed by atoms with Gasteiger partial charge in [-0.25, -0.2) is 0 Å². The molecule has 4 heteroatoms. The van der Waals surface area contributed by atoms with E-state index in [2.05, 4.69) is 4.98 Å². The van der Waals surface area contributed by atoms with E-state index >= 15 is 0 Å². The average molecular weight is 308 g/mol. The number of ketones is 2. The van der Waals surface area contributed by atoms with Gasteiger partial charge in [-0.2, -0.15) is 0 Å². The first-order chi connectivity index (χ1) is 10.7. The molecule has 1 aliphatic rings. The first-order valence-electron chi connectivity index (χ1n) is 6.82. The van der Waals surface area contributed by atoms with E-state index in [-0.39, 0.29) is 11.6 Å². The number of nitrogens with one attached hydrogen (secondary N) is 1. The van der Waals surface area contributed by atoms with Gasteiger partial charge < -0.3 is 4.98 Å². The number of hydrogen-bond donors (Lipinski definition) is 1. The smallest absolute Gasteiger partial charge is 0.210 e. The van der Waals surface area contributed by atoms with Crippen LogP contribution in [0.2, 0.25) is 5.02 Å². The van der Waals surface area contributed by atoms with Gasteiger partial charge in [0.15, 0.2) is 5.78 Å². The predicted molar refractivity (Wildman–Crippen MR) is 84.5 cm³/mol. The summed E-state index contributed by atoms with van der Waals surface area (Å²) < 4.78 is 0. The van der Waals surface area contributed by atoms with E-state index in [1.807, 2.05) is 12.1 Å². The zero-order chi connectivity index (χ0) is 15.3. The molecule has 0 fully saturated rings. The van der Waals surface area contributed by atoms with Gasteiger partial charge in [0, 0.05) is 27.9 Å². The van der Waals surface area contributed by atoms with Crippen molar-refractivity contribution in [3.8, 4) is 11.1 Å². The molecule has 0 unspecified atom stereocenters. The van der Waals surface area contributed by atoms with Crippen molar-refractivity contribution in [1.82, 2.24) is 4.98 Å². The van der Waals surface area contributed by atoms with Crippen molar-refractivity contribution < 1.29 is 9.59 Å². The number of fused-ring (bicyclic) bond motifs is 2. The van der Waals surface area contributed by atoms with Crippen molar-refractivity contribution in [2.45, 2.75) is 0 Å². The van der Waals surface area contributed by atoms with Gasteiger partial charge in [0.2, 0.25) is 5.78 Å². The summed E-state index contributed by atoms with van der Waals surface area (Å²) in [5.41, 5.74) is 3.26. The normalized spacial score (nSPS) is 13.0. The Morgan fingerprint density at radius 2 is 1.41 bits per heavy atom. The third kappa shape index (κ3) is 1.76. The van der Waals surface area contributed by atoms with Gasteiger partial charge in [-0.1, -0.05) is 48.0 Å². The number of rotatable bonds is 1. The van der Waals surface area contributed by atoms with Crippen LogP contribution in [0, 0.1) is 0 Å². The number of benzene rings is 2. The molecule has 0 aliphatic heterocycles. The Morgan fingerprint density at radius 3 is 2.09 bits per heavy atom. The largest absolute Gasteiger partial charge is 0.357 e. The van der Waals surface area contributed by atoms with Crippen LogP contribution in [0.1, 0.15) is 32.0 Å². The molecule has 0 atom stereocenters. The maximum atomic E-state index is 12.8. The highest BCUT2D eigenvalue weighted by atomic mass is 35.5. The fraction of sp³-hybridized carbons (Fsp3) is 0. The maximum absolute atomic E-state index is 12.8. The van der Waals surface area contributed by atoms with E-state index in [0.29, 0.717) is 27.4 Å². The topological polar surface area (TPSA) is 49.9 Å². The molecule has 0 spiro atoms. The van der Waals surface area contributed by atoms with Gasteiger partial charge in [0.25, 0.3) is 0 Å². The minimum Gasteiger partial charge on any atom is -0.357 e. The van der Waals surface area contributed by atoms with Crippen molar-refractivity contribution in [3.63, 3.8) is 0 Å². The van der Waals surface area contributed by atoms with E-state index in [0.717, 1.165) is 11.1 Å². The monoisotopic (exact) mass is 307 g/mol. The van der Waals surface area contributed by atoms with Gasteiger partial charge in [-0.05, 0) is 17.7 Å². The third-order valence-electron chi connectivity index (χ3n) is 3.91. The highest BCUT2D eigenvalue weighted by Crippen LogP contribution is 2.34. The fourth-order valence-electron chi connectivity index (χ4n) is 2.84. The van der Waals surface area contributed by atoms with E-state index in [9.17, 15) is 9.59 Å². The second-order valence-electron chi connectivity index (χ2n) is 5.16. The zero-order valence-electron chi connectivity index (χ0n) is 11.4. The third-order valence-corrected chi connectivity index (χ3v) is 4.16. The highest BCUT2D eigenvalue weighted by molar-refractivity contribution is 6.31. The van der Waals surface area contributed by atoms with Gasteiger partial charge in [0.05, 0.1) is 11.3 Å². The number of halogens is 1. The van der Waals surface area contributed by atoms with Crippen molar-refractivity contribution in [2.75, 3.05) is 0 Å². The second-order valence-corrected chi connectivity index (χ2v) is 5.60. The Morgan fingerprint density at radius 1 is 0.773 bits per heavy atom. The fourth-order valence-corrected chi connectivity index (χ4v) is 2.97. The van der Waals surface area contributed by atoms with Gasteiger partial charge in [-0.3, -0.25) is 9.59 Å². The molecule has 1 aromatic heterocycles. The second kappa shape index (κ2) is 4.68. The van der Waals surface area contributed by atoms with Crippen LogP contribution in [-0.2, 0) is 0 Å². The summed E-state index contributed by atoms with van der Waals surface area (Å²) in [6.07, 6.45) is 1.70. The van der Waals surface area contributed by atoms with Crippen LogP contribution in [0.5, 0.6) is 0 Å². The molecule has 0 saturated carbocycles. The molecule has 22 heavy (non-hydrogen) atoms. The van der Waals surface area contributed by atoms with Gasteiger partial charge in [-0.15, -0.1) is 0 Å². The first-order valence-corrected chi connectivity index (χ1v) is 7.20. The number of carbonyl (C=O) groups excluding carboxylic acids is 2. The Bertz CT molecular complexity index is 923. The van der Waals surface area contributed by atoms with Gasteiger partial charge >= 0.3 is 0 Å². The molecule has 3 aromatic rings. The lowest BCUT2D eigenvalue weighted by Gasteiger charge is -2.15. The van der Waals surface area contributed by atoms with Gasteiger partial charge in [0.1, 0.15) is 0 Å². The van der Waals surface area contributed by atoms with E-state index < -0.39 is 0 Å². The summed E-state index contributed by atoms with van der Waals surface area (Å²) >= 11 is 5.91. The minimum atomic E-state index is -0.148. The SMILES string of the molecule is O=C1c2ccccc2C(=O)c2c(-c3ccc(Cl)cc3)c[nH]c21. The summed E-state index contributed by atoms with van der Waals surface area (Å²) in [6.45, 7) is 0. The Balaban J connectivity index is 1.94. The van der Waals surface area contributed by atoms with Crippen LogP contribution in [0.15, 0.2) is 54.7 Å². The standard InChI is InChI=1S/C18H10ClNO2/c19-11-7-5-10(6-8-11)14-9-20-16-15(14)17(21)12-3-1-2-4-13(12)18(16)22/h1-9,20H. The summed E-state index contributed by atoms with van der Waals surface area (Å²) in [5, 5.41) is 0.626. The Labute approximate surface area is 131 Å². The molecule has 1 heterocycles. The molecular weight excluding hydrogens is 298 g/mol. The molecule has 2 aromatic carbocycles. The molecule has 106 valence electrons. The number of aromatic nitrogens is 1. The summed E-state index contributed by atoms with van der Waals surface area (Å²) in [4.78, 5) is 28.3. The van der Waals surface area contributed by atoms with Crippen LogP contribution >= 0.6 is 11.6 Å². The quantitative estimate of drug-likeness (QED) is 0.575. The lowest BCUT2D eigenvalue weighted by atomic mass is 9.85. The summed E-state index contributed by atoms with van der Waals surface area (Å²) in [5.74, 6) is -0.276. The van der Waals surface area contributed by atoms with Crippen molar-refractivity contribution in [1.29, 1.82) is 0 Å². The molecule has 4 rings (SSSR count). The highest BCUT2D eigenvalue weighted by Gasteiger charge is 2.33. The maximum Gasteiger partial charge on any atom is 0.210 e. The van der Waals surface area contributed by atoms with Crippen LogP contribution in [0.4, 0.5) is 0 Å². The van der Waals surface area contributed by atoms with E-state index in [1.165, 1.54) is 0 Å². The number of H-pyrrole nitrogens is 1. The van der Waals surface area contributed by atoms with Crippen LogP contribution < -0.4 is 0 Å². The minimum absolute atomic E-state index is 0.128. The average Bonchev–Trinajstić information content (AvgIpc) is 2.99. The zero-order valence-corrected chi connectivity index (χ0v) is 12.1. The number of carbonyl (C=O) groups is 2. The lowest BCUT2D eigenvalue weighted by molar-refractivity contribution is 0.0977. The molecule has 1 N–H and O–H groups in total. The molecule has 3 nitrogen and oxygen atoms in total. The number of aromatic amines is 1. The molecule has 1 aliphatic carbocycles. The summed E-state index contributed by atoms with van der Waals surface area (Å²) in [6, 6.07) is 14.1. The van der Waals surface area contributed by atoms with Crippen molar-refractivity contribution in [3.05, 3.63) is 82.1 Å². The van der Waals surface area contributed by atoms with Crippen molar-refractivity contribution in [2.24, 2.45) is 0 Å². The molecule has 0 radical (unpaired) electrons. The Hall–Kier alpha value is -2.65. The van der Waals surface area contributed by atoms with Crippen molar-refractivity contribution >= 4 is 23.2 Å². The first kappa shape index (κ1) is 13.0. The predicted octanol–water partition coefficient (Wildman–Crippen LogP) is 4.11. The summed E-state index contributed by atoms with van der Waals surface area (Å²) in [7, 11) is 0. The lowest BCUT2D eigenvalue weighted by Crippen LogP contribution is -2.20.